The summed E-state index contributed by atoms with van der Waals surface area (Å²) in [5.41, 5.74) is -2.67. The lowest BCUT2D eigenvalue weighted by Crippen LogP contribution is -2.52. The van der Waals surface area contributed by atoms with Crippen LogP contribution >= 0.6 is 0 Å². The first kappa shape index (κ1) is 34.6. The molecule has 2 amide bonds. The molecule has 1 spiro atoms. The molecule has 3 atom stereocenters. The van der Waals surface area contributed by atoms with Gasteiger partial charge in [-0.2, -0.15) is 0 Å². The van der Waals surface area contributed by atoms with Crippen LogP contribution in [0.2, 0.25) is 0 Å². The zero-order valence-electron chi connectivity index (χ0n) is 26.6. The summed E-state index contributed by atoms with van der Waals surface area (Å²) in [4.78, 5) is 61.0. The van der Waals surface area contributed by atoms with Crippen LogP contribution in [0.5, 0.6) is 5.75 Å². The largest absolute Gasteiger partial charge is 0.511 e. The maximum Gasteiger partial charge on any atom is 0.511 e. The molecular formula is C31H36F2N4O11. The number of oxime groups is 1. The van der Waals surface area contributed by atoms with Crippen molar-refractivity contribution in [2.75, 3.05) is 54.0 Å². The number of methoxy groups -OCH3 is 2. The van der Waals surface area contributed by atoms with E-state index in [1.54, 1.807) is 4.90 Å². The second-order valence-corrected chi connectivity index (χ2v) is 11.4. The van der Waals surface area contributed by atoms with Crippen molar-refractivity contribution in [2.24, 2.45) is 5.16 Å². The molecule has 0 radical (unpaired) electrons. The standard InChI is InChI=1S/C31H36F2N4O11/c1-18-6-7-31(13-24(43-3)35-48-31)23-16-36(18)29(40)25-27(46-17-47-30(41)45-11-10-44-9-8-42-2)26(38)21(15-37(23)25)28(39)34-14-19-4-5-20(32)12-22(19)33/h4-5,12,15,18,23H,6-11,13-14,16-17H2,1-3H3,(H,34,39)/t18-,23+,31-/m0/s1. The smallest absolute Gasteiger partial charge is 0.482 e. The fourth-order valence-corrected chi connectivity index (χ4v) is 5.85. The number of aromatic nitrogens is 1. The highest BCUT2D eigenvalue weighted by Gasteiger charge is 2.55. The molecule has 15 nitrogen and oxygen atoms in total. The number of fused-ring (bicyclic) bond motifs is 5. The number of nitrogens with zero attached hydrogens (tertiary/aromatic N) is 3. The highest BCUT2D eigenvalue weighted by atomic mass is 19.1. The van der Waals surface area contributed by atoms with Gasteiger partial charge in [-0.1, -0.05) is 11.2 Å². The molecule has 48 heavy (non-hydrogen) atoms. The molecule has 1 aromatic heterocycles. The Morgan fingerprint density at radius 1 is 1.12 bits per heavy atom. The molecule has 1 N–H and O–H groups in total. The summed E-state index contributed by atoms with van der Waals surface area (Å²) in [6.07, 6.45) is 1.33. The van der Waals surface area contributed by atoms with E-state index in [9.17, 15) is 28.0 Å². The zero-order valence-corrected chi connectivity index (χ0v) is 26.6. The van der Waals surface area contributed by atoms with Gasteiger partial charge in [-0.25, -0.2) is 13.6 Å². The Bertz CT molecular complexity index is 1630. The van der Waals surface area contributed by atoms with Gasteiger partial charge in [-0.15, -0.1) is 0 Å². The molecule has 4 heterocycles. The van der Waals surface area contributed by atoms with Gasteiger partial charge in [-0.3, -0.25) is 14.4 Å². The molecule has 17 heteroatoms. The van der Waals surface area contributed by atoms with E-state index in [0.29, 0.717) is 38.0 Å². The van der Waals surface area contributed by atoms with Gasteiger partial charge in [0.25, 0.3) is 11.8 Å². The van der Waals surface area contributed by atoms with Crippen LogP contribution in [0.4, 0.5) is 13.6 Å². The van der Waals surface area contributed by atoms with Crippen LogP contribution in [-0.4, -0.2) is 99.0 Å². The van der Waals surface area contributed by atoms with Gasteiger partial charge >= 0.3 is 6.16 Å². The van der Waals surface area contributed by atoms with E-state index in [0.717, 1.165) is 12.1 Å². The van der Waals surface area contributed by atoms with Crippen molar-refractivity contribution >= 4 is 23.9 Å². The van der Waals surface area contributed by atoms with Gasteiger partial charge in [0.15, 0.2) is 11.3 Å². The number of benzene rings is 1. The topological polar surface area (TPSA) is 165 Å². The first-order chi connectivity index (χ1) is 23.1. The van der Waals surface area contributed by atoms with Crippen molar-refractivity contribution in [1.29, 1.82) is 0 Å². The maximum absolute atomic E-state index is 14.3. The van der Waals surface area contributed by atoms with E-state index in [2.05, 4.69) is 10.5 Å². The number of carbonyl (C=O) groups is 3. The minimum Gasteiger partial charge on any atom is -0.482 e. The molecule has 0 saturated carbocycles. The average Bonchev–Trinajstić information content (AvgIpc) is 3.45. The van der Waals surface area contributed by atoms with E-state index >= 15 is 0 Å². The summed E-state index contributed by atoms with van der Waals surface area (Å²) in [6.45, 7) is 1.40. The molecule has 5 rings (SSSR count). The van der Waals surface area contributed by atoms with Gasteiger partial charge in [-0.05, 0) is 25.8 Å². The van der Waals surface area contributed by atoms with Crippen LogP contribution in [0, 0.1) is 11.6 Å². The average molecular weight is 679 g/mol. The molecule has 3 aliphatic heterocycles. The number of nitrogens with one attached hydrogen (secondary N) is 1. The predicted molar refractivity (Wildman–Crippen MR) is 160 cm³/mol. The second-order valence-electron chi connectivity index (χ2n) is 11.4. The Morgan fingerprint density at radius 3 is 2.65 bits per heavy atom. The summed E-state index contributed by atoms with van der Waals surface area (Å²) in [6, 6.07) is 1.93. The fourth-order valence-electron chi connectivity index (χ4n) is 5.85. The van der Waals surface area contributed by atoms with E-state index in [-0.39, 0.29) is 50.0 Å². The Kier molecular flexibility index (Phi) is 10.8. The van der Waals surface area contributed by atoms with Gasteiger partial charge in [0.1, 0.15) is 23.8 Å². The van der Waals surface area contributed by atoms with E-state index < -0.39 is 64.8 Å². The van der Waals surface area contributed by atoms with Crippen LogP contribution in [0.1, 0.15) is 58.6 Å². The molecule has 2 bridgehead atoms. The van der Waals surface area contributed by atoms with Crippen molar-refractivity contribution in [1.82, 2.24) is 14.8 Å². The normalized spacial score (nSPS) is 21.1. The summed E-state index contributed by atoms with van der Waals surface area (Å²) < 4.78 is 60.1. The second kappa shape index (κ2) is 15.0. The monoisotopic (exact) mass is 678 g/mol. The summed E-state index contributed by atoms with van der Waals surface area (Å²) in [7, 11) is 2.97. The number of pyridine rings is 1. The van der Waals surface area contributed by atoms with Crippen molar-refractivity contribution in [3.05, 3.63) is 63.1 Å². The molecule has 1 fully saturated rings. The molecule has 1 saturated heterocycles. The number of carbonyl (C=O) groups excluding carboxylic acids is 3. The molecule has 0 unspecified atom stereocenters. The third-order valence-electron chi connectivity index (χ3n) is 8.46. The van der Waals surface area contributed by atoms with Crippen LogP contribution in [-0.2, 0) is 35.1 Å². The minimum absolute atomic E-state index is 0.0265. The molecule has 1 aromatic carbocycles. The third-order valence-corrected chi connectivity index (χ3v) is 8.46. The lowest BCUT2D eigenvalue weighted by molar-refractivity contribution is -0.0658. The lowest BCUT2D eigenvalue weighted by atomic mass is 9.85. The Hall–Kier alpha value is -4.77. The maximum atomic E-state index is 14.3. The van der Waals surface area contributed by atoms with Crippen molar-refractivity contribution in [2.45, 2.75) is 50.4 Å². The van der Waals surface area contributed by atoms with Gasteiger partial charge in [0, 0.05) is 44.1 Å². The van der Waals surface area contributed by atoms with Crippen molar-refractivity contribution < 1.29 is 56.4 Å². The molecule has 3 aliphatic rings. The quantitative estimate of drug-likeness (QED) is 0.199. The number of ether oxygens (including phenoxy) is 6. The van der Waals surface area contributed by atoms with Gasteiger partial charge in [0.05, 0.1) is 39.4 Å². The van der Waals surface area contributed by atoms with Gasteiger partial charge in [0.2, 0.25) is 23.9 Å². The van der Waals surface area contributed by atoms with E-state index in [4.69, 9.17) is 33.3 Å². The molecule has 0 aliphatic carbocycles. The summed E-state index contributed by atoms with van der Waals surface area (Å²) in [5.74, 6) is -3.38. The summed E-state index contributed by atoms with van der Waals surface area (Å²) in [5, 5.41) is 6.55. The first-order valence-corrected chi connectivity index (χ1v) is 15.2. The number of amides is 2. The predicted octanol–water partition coefficient (Wildman–Crippen LogP) is 2.51. The third kappa shape index (κ3) is 7.21. The van der Waals surface area contributed by atoms with E-state index in [1.165, 1.54) is 25.0 Å². The lowest BCUT2D eigenvalue weighted by Gasteiger charge is -2.42. The number of rotatable bonds is 12. The van der Waals surface area contributed by atoms with Crippen molar-refractivity contribution in [3.63, 3.8) is 0 Å². The molecular weight excluding hydrogens is 642 g/mol. The minimum atomic E-state index is -1.13. The van der Waals surface area contributed by atoms with Gasteiger partial charge < -0.3 is 48.0 Å². The highest BCUT2D eigenvalue weighted by Crippen LogP contribution is 2.46. The number of halogens is 2. The van der Waals surface area contributed by atoms with Crippen LogP contribution in [0.3, 0.4) is 0 Å². The Balaban J connectivity index is 1.46. The zero-order chi connectivity index (χ0) is 34.4. The SMILES string of the molecule is COCCOCCOC(=O)OCOc1c2n(cc(C(=O)NCc3ccc(F)cc3F)c1=O)[C@@H]1CN(C2=O)[C@@H](C)CC[C@]12CC(OC)=NO2. The fraction of sp³-hybridized carbons (Fsp3) is 0.516. The summed E-state index contributed by atoms with van der Waals surface area (Å²) >= 11 is 0. The number of hydrogen-bond donors (Lipinski definition) is 1. The van der Waals surface area contributed by atoms with E-state index in [1.807, 2.05) is 6.92 Å². The first-order valence-electron chi connectivity index (χ1n) is 15.2. The number of hydrogen-bond acceptors (Lipinski definition) is 12. The Labute approximate surface area is 273 Å². The molecule has 260 valence electrons. The highest BCUT2D eigenvalue weighted by molar-refractivity contribution is 5.99. The van der Waals surface area contributed by atoms with Crippen LogP contribution in [0.25, 0.3) is 0 Å². The molecule has 2 aromatic rings. The van der Waals surface area contributed by atoms with Crippen LogP contribution in [0.15, 0.2) is 34.3 Å². The van der Waals surface area contributed by atoms with Crippen molar-refractivity contribution in [3.8, 4) is 5.75 Å². The van der Waals surface area contributed by atoms with Crippen LogP contribution < -0.4 is 15.5 Å². The Morgan fingerprint density at radius 2 is 1.92 bits per heavy atom.